The van der Waals surface area contributed by atoms with Crippen molar-refractivity contribution in [3.8, 4) is 0 Å². The van der Waals surface area contributed by atoms with Gasteiger partial charge in [0.2, 0.25) is 0 Å². The number of rotatable bonds is 0. The van der Waals surface area contributed by atoms with Gasteiger partial charge in [-0.15, -0.1) is 0 Å². The third-order valence-corrected chi connectivity index (χ3v) is 6.74. The molecule has 2 fully saturated rings. The van der Waals surface area contributed by atoms with Gasteiger partial charge in [-0.25, -0.2) is 0 Å². The van der Waals surface area contributed by atoms with Crippen LogP contribution < -0.4 is 0 Å². The maximum Gasteiger partial charge on any atom is 0.156 e. The van der Waals surface area contributed by atoms with Crippen LogP contribution in [0.4, 0.5) is 0 Å². The summed E-state index contributed by atoms with van der Waals surface area (Å²) in [5.41, 5.74) is 4.36. The Bertz CT molecular complexity index is 595. The monoisotopic (exact) mass is 284 g/mol. The van der Waals surface area contributed by atoms with Gasteiger partial charge in [0, 0.05) is 17.8 Å². The van der Waals surface area contributed by atoms with Crippen molar-refractivity contribution in [3.63, 3.8) is 0 Å². The molecule has 0 bridgehead atoms. The number of hydrogen-bond acceptors (Lipinski definition) is 2. The van der Waals surface area contributed by atoms with Crippen LogP contribution in [0.1, 0.15) is 58.8 Å². The Labute approximate surface area is 126 Å². The number of ketones is 2. The zero-order chi connectivity index (χ0) is 14.8. The second kappa shape index (κ2) is 4.41. The van der Waals surface area contributed by atoms with Crippen LogP contribution in [-0.2, 0) is 9.59 Å². The number of carbonyl (C=O) groups is 2. The van der Waals surface area contributed by atoms with Crippen molar-refractivity contribution < 1.29 is 9.59 Å². The van der Waals surface area contributed by atoms with E-state index in [1.807, 2.05) is 6.08 Å². The van der Waals surface area contributed by atoms with E-state index in [1.165, 1.54) is 11.1 Å². The van der Waals surface area contributed by atoms with Crippen LogP contribution in [0.15, 0.2) is 22.8 Å². The van der Waals surface area contributed by atoms with Gasteiger partial charge in [0.05, 0.1) is 0 Å². The number of hydrogen-bond donors (Lipinski definition) is 0. The van der Waals surface area contributed by atoms with Crippen molar-refractivity contribution in [2.24, 2.45) is 23.2 Å². The number of allylic oxidation sites excluding steroid dienone is 4. The van der Waals surface area contributed by atoms with E-state index in [2.05, 4.69) is 13.8 Å². The largest absolute Gasteiger partial charge is 0.299 e. The van der Waals surface area contributed by atoms with Crippen LogP contribution in [-0.4, -0.2) is 11.6 Å². The summed E-state index contributed by atoms with van der Waals surface area (Å²) in [6.45, 7) is 4.34. The Morgan fingerprint density at radius 3 is 2.76 bits per heavy atom. The highest BCUT2D eigenvalue weighted by Crippen LogP contribution is 2.59. The average Bonchev–Trinajstić information content (AvgIpc) is 2.70. The van der Waals surface area contributed by atoms with E-state index < -0.39 is 0 Å². The summed E-state index contributed by atoms with van der Waals surface area (Å²) < 4.78 is 0. The SMILES string of the molecule is CC1C[C@H]2[C@@H]3CCC4=CC(=O)CCC4=C3CC[C@]2(C)C1=O. The van der Waals surface area contributed by atoms with Gasteiger partial charge in [0.15, 0.2) is 5.78 Å². The molecule has 2 saturated carbocycles. The molecule has 21 heavy (non-hydrogen) atoms. The highest BCUT2D eigenvalue weighted by Gasteiger charge is 2.55. The molecule has 0 aromatic rings. The molecule has 4 aliphatic rings. The smallest absolute Gasteiger partial charge is 0.156 e. The molecule has 2 nitrogen and oxygen atoms in total. The molecule has 0 aliphatic heterocycles. The molecule has 0 aromatic carbocycles. The molecular formula is C19H24O2. The molecule has 0 N–H and O–H groups in total. The fraction of sp³-hybridized carbons (Fsp3) is 0.684. The fourth-order valence-electron chi connectivity index (χ4n) is 5.65. The predicted octanol–water partition coefficient (Wildman–Crippen LogP) is 4.01. The normalized spacial score (nSPS) is 42.4. The van der Waals surface area contributed by atoms with E-state index in [0.29, 0.717) is 29.8 Å². The summed E-state index contributed by atoms with van der Waals surface area (Å²) in [6, 6.07) is 0. The summed E-state index contributed by atoms with van der Waals surface area (Å²) >= 11 is 0. The van der Waals surface area contributed by atoms with E-state index in [4.69, 9.17) is 0 Å². The molecule has 0 radical (unpaired) electrons. The van der Waals surface area contributed by atoms with Gasteiger partial charge in [-0.2, -0.15) is 0 Å². The molecular weight excluding hydrogens is 260 g/mol. The van der Waals surface area contributed by atoms with Gasteiger partial charge in [0.25, 0.3) is 0 Å². The van der Waals surface area contributed by atoms with Crippen LogP contribution >= 0.6 is 0 Å². The van der Waals surface area contributed by atoms with Crippen molar-refractivity contribution in [1.82, 2.24) is 0 Å². The van der Waals surface area contributed by atoms with E-state index in [0.717, 1.165) is 38.5 Å². The predicted molar refractivity (Wildman–Crippen MR) is 81.7 cm³/mol. The quantitative estimate of drug-likeness (QED) is 0.673. The van der Waals surface area contributed by atoms with E-state index in [1.54, 1.807) is 5.57 Å². The van der Waals surface area contributed by atoms with Gasteiger partial charge >= 0.3 is 0 Å². The molecule has 4 rings (SSSR count). The topological polar surface area (TPSA) is 34.1 Å². The number of Topliss-reactive ketones (excluding diaryl/α,β-unsaturated/α-hetero) is 1. The van der Waals surface area contributed by atoms with Gasteiger partial charge in [0.1, 0.15) is 5.78 Å². The maximum atomic E-state index is 12.6. The molecule has 0 saturated heterocycles. The third kappa shape index (κ3) is 1.77. The minimum atomic E-state index is -0.0696. The lowest BCUT2D eigenvalue weighted by Gasteiger charge is -2.46. The lowest BCUT2D eigenvalue weighted by Crippen LogP contribution is -2.40. The fourth-order valence-corrected chi connectivity index (χ4v) is 5.65. The van der Waals surface area contributed by atoms with Crippen LogP contribution in [0.2, 0.25) is 0 Å². The summed E-state index contributed by atoms with van der Waals surface area (Å²) in [6.07, 6.45) is 8.92. The Morgan fingerprint density at radius 1 is 1.14 bits per heavy atom. The van der Waals surface area contributed by atoms with E-state index in [-0.39, 0.29) is 11.3 Å². The Kier molecular flexibility index (Phi) is 2.83. The van der Waals surface area contributed by atoms with Crippen molar-refractivity contribution in [1.29, 1.82) is 0 Å². The van der Waals surface area contributed by atoms with Gasteiger partial charge in [-0.1, -0.05) is 19.4 Å². The van der Waals surface area contributed by atoms with Crippen LogP contribution in [0.25, 0.3) is 0 Å². The lowest BCUT2D eigenvalue weighted by atomic mass is 9.57. The van der Waals surface area contributed by atoms with E-state index >= 15 is 0 Å². The maximum absolute atomic E-state index is 12.6. The molecule has 1 unspecified atom stereocenters. The first-order valence-electron chi connectivity index (χ1n) is 8.50. The van der Waals surface area contributed by atoms with Crippen LogP contribution in [0.3, 0.4) is 0 Å². The van der Waals surface area contributed by atoms with Crippen molar-refractivity contribution in [2.45, 2.75) is 58.8 Å². The second-order valence-corrected chi connectivity index (χ2v) is 7.81. The third-order valence-electron chi connectivity index (χ3n) is 6.74. The summed E-state index contributed by atoms with van der Waals surface area (Å²) in [7, 11) is 0. The highest BCUT2D eigenvalue weighted by molar-refractivity contribution is 5.93. The first-order valence-corrected chi connectivity index (χ1v) is 8.50. The molecule has 2 heteroatoms. The first-order chi connectivity index (χ1) is 10.0. The Hall–Kier alpha value is -1.18. The minimum absolute atomic E-state index is 0.0696. The lowest BCUT2D eigenvalue weighted by molar-refractivity contribution is -0.130. The van der Waals surface area contributed by atoms with Crippen molar-refractivity contribution in [3.05, 3.63) is 22.8 Å². The molecule has 112 valence electrons. The average molecular weight is 284 g/mol. The first kappa shape index (κ1) is 13.5. The number of carbonyl (C=O) groups excluding carboxylic acids is 2. The highest BCUT2D eigenvalue weighted by atomic mass is 16.1. The molecule has 0 aromatic heterocycles. The Morgan fingerprint density at radius 2 is 1.95 bits per heavy atom. The minimum Gasteiger partial charge on any atom is -0.299 e. The van der Waals surface area contributed by atoms with E-state index in [9.17, 15) is 9.59 Å². The summed E-state index contributed by atoms with van der Waals surface area (Å²) in [4.78, 5) is 24.2. The summed E-state index contributed by atoms with van der Waals surface area (Å²) in [5.74, 6) is 2.22. The zero-order valence-corrected chi connectivity index (χ0v) is 13.1. The summed E-state index contributed by atoms with van der Waals surface area (Å²) in [5, 5.41) is 0. The second-order valence-electron chi connectivity index (χ2n) is 7.81. The molecule has 4 aliphatic carbocycles. The zero-order valence-electron chi connectivity index (χ0n) is 13.1. The molecule has 0 spiro atoms. The standard InChI is InChI=1S/C19H24O2/c1-11-9-17-16-5-3-12-10-13(20)4-6-14(12)15(16)7-8-19(17,2)18(11)21/h10-11,16-17H,3-9H2,1-2H3/t11?,16-,17+,19+/m1/s1. The molecule has 0 amide bonds. The van der Waals surface area contributed by atoms with Gasteiger partial charge < -0.3 is 0 Å². The van der Waals surface area contributed by atoms with Crippen molar-refractivity contribution in [2.75, 3.05) is 0 Å². The van der Waals surface area contributed by atoms with Crippen molar-refractivity contribution >= 4 is 11.6 Å². The van der Waals surface area contributed by atoms with Crippen LogP contribution in [0.5, 0.6) is 0 Å². The Balaban J connectivity index is 1.76. The number of fused-ring (bicyclic) bond motifs is 4. The molecule has 0 heterocycles. The van der Waals surface area contributed by atoms with Crippen LogP contribution in [0, 0.1) is 23.2 Å². The molecule has 4 atom stereocenters. The van der Waals surface area contributed by atoms with Gasteiger partial charge in [-0.05, 0) is 67.6 Å². The van der Waals surface area contributed by atoms with Gasteiger partial charge in [-0.3, -0.25) is 9.59 Å².